The largest absolute Gasteiger partial charge is 0.158 e. The summed E-state index contributed by atoms with van der Waals surface area (Å²) in [7, 11) is 0. The summed E-state index contributed by atoms with van der Waals surface area (Å²) in [5.74, 6) is 0. The molecule has 0 saturated heterocycles. The number of benzene rings is 2. The van der Waals surface area contributed by atoms with Crippen LogP contribution in [0.1, 0.15) is 11.1 Å². The van der Waals surface area contributed by atoms with Gasteiger partial charge in [-0.2, -0.15) is 10.2 Å². The van der Waals surface area contributed by atoms with E-state index in [1.54, 1.807) is 36.4 Å². The van der Waals surface area contributed by atoms with E-state index < -0.39 is 0 Å². The third-order valence-corrected chi connectivity index (χ3v) is 4.09. The van der Waals surface area contributed by atoms with Crippen LogP contribution in [0.3, 0.4) is 0 Å². The fourth-order valence-corrected chi connectivity index (χ4v) is 2.14. The molecule has 0 amide bonds. The van der Waals surface area contributed by atoms with Crippen molar-refractivity contribution in [3.05, 3.63) is 67.6 Å². The maximum atomic E-state index is 6.02. The molecule has 6 heteroatoms. The third kappa shape index (κ3) is 3.74. The van der Waals surface area contributed by atoms with Gasteiger partial charge < -0.3 is 0 Å². The summed E-state index contributed by atoms with van der Waals surface area (Å²) < 4.78 is 0. The van der Waals surface area contributed by atoms with Crippen molar-refractivity contribution in [1.29, 1.82) is 0 Å². The summed E-state index contributed by atoms with van der Waals surface area (Å²) in [6, 6.07) is 10.6. The Hall–Kier alpha value is -1.06. The molecule has 0 bridgehead atoms. The molecule has 0 atom stereocenters. The zero-order valence-corrected chi connectivity index (χ0v) is 13.0. The average molecular weight is 346 g/mol. The van der Waals surface area contributed by atoms with Gasteiger partial charge in [0.1, 0.15) is 0 Å². The van der Waals surface area contributed by atoms with E-state index in [2.05, 4.69) is 10.2 Å². The van der Waals surface area contributed by atoms with Crippen LogP contribution in [0.25, 0.3) is 0 Å². The maximum Gasteiger partial charge on any atom is 0.0680 e. The highest BCUT2D eigenvalue weighted by Gasteiger charge is 2.02. The Balaban J connectivity index is 2.15. The second kappa shape index (κ2) is 7.09. The molecule has 0 saturated carbocycles. The molecule has 0 N–H and O–H groups in total. The predicted molar refractivity (Wildman–Crippen MR) is 88.1 cm³/mol. The second-order valence-electron chi connectivity index (χ2n) is 3.78. The zero-order valence-electron chi connectivity index (χ0n) is 10.0. The lowest BCUT2D eigenvalue weighted by atomic mass is 10.2. The van der Waals surface area contributed by atoms with E-state index in [0.29, 0.717) is 31.2 Å². The van der Waals surface area contributed by atoms with Crippen LogP contribution < -0.4 is 0 Å². The van der Waals surface area contributed by atoms with E-state index in [-0.39, 0.29) is 0 Å². The minimum absolute atomic E-state index is 0.439. The van der Waals surface area contributed by atoms with Crippen molar-refractivity contribution < 1.29 is 0 Å². The zero-order chi connectivity index (χ0) is 14.5. The van der Waals surface area contributed by atoms with Crippen LogP contribution in [0.5, 0.6) is 0 Å². The van der Waals surface area contributed by atoms with Gasteiger partial charge in [-0.05, 0) is 12.1 Å². The van der Waals surface area contributed by atoms with Gasteiger partial charge in [0.25, 0.3) is 0 Å². The predicted octanol–water partition coefficient (Wildman–Crippen LogP) is 5.75. The van der Waals surface area contributed by atoms with Gasteiger partial charge in [-0.25, -0.2) is 0 Å². The Morgan fingerprint density at radius 3 is 1.45 bits per heavy atom. The standard InChI is InChI=1S/C14H8Cl4N2/c15-11-5-1-3-9(13(11)17)7-19-20-8-10-4-2-6-12(16)14(10)18/h1-8H/b19-7-,20-8-. The van der Waals surface area contributed by atoms with Gasteiger partial charge >= 0.3 is 0 Å². The van der Waals surface area contributed by atoms with Crippen LogP contribution in [0.2, 0.25) is 20.1 Å². The number of nitrogens with zero attached hydrogens (tertiary/aromatic N) is 2. The first-order chi connectivity index (χ1) is 9.59. The van der Waals surface area contributed by atoms with Crippen LogP contribution in [0.4, 0.5) is 0 Å². The Labute approximate surface area is 136 Å². The minimum Gasteiger partial charge on any atom is -0.158 e. The molecule has 0 spiro atoms. The molecule has 0 heterocycles. The molecular formula is C14H8Cl4N2. The Kier molecular flexibility index (Phi) is 5.44. The topological polar surface area (TPSA) is 24.7 Å². The second-order valence-corrected chi connectivity index (χ2v) is 5.35. The third-order valence-electron chi connectivity index (χ3n) is 2.42. The highest BCUT2D eigenvalue weighted by Crippen LogP contribution is 2.25. The molecular weight excluding hydrogens is 338 g/mol. The van der Waals surface area contributed by atoms with Gasteiger partial charge in [0, 0.05) is 11.1 Å². The SMILES string of the molecule is Clc1cccc(/C=N\N=C/c2cccc(Cl)c2Cl)c1Cl. The van der Waals surface area contributed by atoms with E-state index in [4.69, 9.17) is 46.4 Å². The van der Waals surface area contributed by atoms with Crippen molar-refractivity contribution in [2.45, 2.75) is 0 Å². The van der Waals surface area contributed by atoms with Crippen molar-refractivity contribution in [3.63, 3.8) is 0 Å². The normalized spacial score (nSPS) is 11.6. The Morgan fingerprint density at radius 2 is 1.05 bits per heavy atom. The van der Waals surface area contributed by atoms with E-state index >= 15 is 0 Å². The molecule has 0 aliphatic rings. The molecule has 102 valence electrons. The molecule has 0 fully saturated rings. The molecule has 0 aromatic heterocycles. The Morgan fingerprint density at radius 1 is 0.650 bits per heavy atom. The monoisotopic (exact) mass is 344 g/mol. The first kappa shape index (κ1) is 15.3. The lowest BCUT2D eigenvalue weighted by Gasteiger charge is -1.99. The number of hydrogen-bond donors (Lipinski definition) is 0. The lowest BCUT2D eigenvalue weighted by Crippen LogP contribution is -1.85. The van der Waals surface area contributed by atoms with E-state index in [0.717, 1.165) is 0 Å². The fraction of sp³-hybridized carbons (Fsp3) is 0. The molecule has 0 unspecified atom stereocenters. The summed E-state index contributed by atoms with van der Waals surface area (Å²) >= 11 is 23.8. The first-order valence-corrected chi connectivity index (χ1v) is 7.05. The quantitative estimate of drug-likeness (QED) is 0.499. The summed E-state index contributed by atoms with van der Waals surface area (Å²) in [5.41, 5.74) is 1.38. The summed E-state index contributed by atoms with van der Waals surface area (Å²) in [4.78, 5) is 0. The molecule has 2 aromatic carbocycles. The van der Waals surface area contributed by atoms with Gasteiger partial charge in [-0.1, -0.05) is 70.7 Å². The van der Waals surface area contributed by atoms with Crippen LogP contribution in [-0.4, -0.2) is 12.4 Å². The highest BCUT2D eigenvalue weighted by atomic mass is 35.5. The molecule has 0 radical (unpaired) electrons. The van der Waals surface area contributed by atoms with Crippen LogP contribution in [0.15, 0.2) is 46.6 Å². The maximum absolute atomic E-state index is 6.02. The molecule has 2 nitrogen and oxygen atoms in total. The van der Waals surface area contributed by atoms with Crippen LogP contribution in [-0.2, 0) is 0 Å². The molecule has 0 aliphatic heterocycles. The Bertz CT molecular complexity index is 621. The van der Waals surface area contributed by atoms with Crippen molar-refractivity contribution in [1.82, 2.24) is 0 Å². The lowest BCUT2D eigenvalue weighted by molar-refractivity contribution is 1.26. The minimum atomic E-state index is 0.439. The van der Waals surface area contributed by atoms with E-state index in [1.807, 2.05) is 0 Å². The van der Waals surface area contributed by atoms with Gasteiger partial charge in [0.2, 0.25) is 0 Å². The van der Waals surface area contributed by atoms with Crippen molar-refractivity contribution in [2.75, 3.05) is 0 Å². The smallest absolute Gasteiger partial charge is 0.0680 e. The van der Waals surface area contributed by atoms with E-state index in [9.17, 15) is 0 Å². The average Bonchev–Trinajstić information content (AvgIpc) is 2.43. The summed E-state index contributed by atoms with van der Waals surface area (Å²) in [6.45, 7) is 0. The van der Waals surface area contributed by atoms with Crippen molar-refractivity contribution >= 4 is 58.8 Å². The number of halogens is 4. The van der Waals surface area contributed by atoms with Crippen LogP contribution >= 0.6 is 46.4 Å². The van der Waals surface area contributed by atoms with Gasteiger partial charge in [0.15, 0.2) is 0 Å². The van der Waals surface area contributed by atoms with Crippen molar-refractivity contribution in [2.24, 2.45) is 10.2 Å². The number of hydrogen-bond acceptors (Lipinski definition) is 2. The van der Waals surface area contributed by atoms with Crippen molar-refractivity contribution in [3.8, 4) is 0 Å². The van der Waals surface area contributed by atoms with Gasteiger partial charge in [-0.15, -0.1) is 0 Å². The summed E-state index contributed by atoms with van der Waals surface area (Å²) in [5, 5.41) is 9.64. The molecule has 2 rings (SSSR count). The molecule has 2 aromatic rings. The van der Waals surface area contributed by atoms with Gasteiger partial charge in [-0.3, -0.25) is 0 Å². The van der Waals surface area contributed by atoms with Crippen LogP contribution in [0, 0.1) is 0 Å². The van der Waals surface area contributed by atoms with Gasteiger partial charge in [0.05, 0.1) is 32.5 Å². The molecule has 20 heavy (non-hydrogen) atoms. The summed E-state index contributed by atoms with van der Waals surface area (Å²) in [6.07, 6.45) is 3.03. The molecule has 0 aliphatic carbocycles. The van der Waals surface area contributed by atoms with E-state index in [1.165, 1.54) is 12.4 Å². The number of rotatable bonds is 3. The highest BCUT2D eigenvalue weighted by molar-refractivity contribution is 6.44. The first-order valence-electron chi connectivity index (χ1n) is 5.54. The fourth-order valence-electron chi connectivity index (χ4n) is 1.43.